The van der Waals surface area contributed by atoms with Crippen molar-refractivity contribution in [2.24, 2.45) is 7.05 Å². The van der Waals surface area contributed by atoms with Gasteiger partial charge in [-0.1, -0.05) is 30.0 Å². The molecule has 9 nitrogen and oxygen atoms in total. The summed E-state index contributed by atoms with van der Waals surface area (Å²) in [6.45, 7) is 1.69. The lowest BCUT2D eigenvalue weighted by atomic mass is 10.2. The second-order valence-corrected chi connectivity index (χ2v) is 9.42. The lowest BCUT2D eigenvalue weighted by molar-refractivity contribution is -0.113. The van der Waals surface area contributed by atoms with E-state index in [4.69, 9.17) is 4.74 Å². The van der Waals surface area contributed by atoms with Crippen LogP contribution in [0.5, 0.6) is 5.75 Å². The molecule has 0 atom stereocenters. The first kappa shape index (κ1) is 22.8. The van der Waals surface area contributed by atoms with Gasteiger partial charge >= 0.3 is 0 Å². The molecular formula is C20H23N5O4S2. The number of amides is 1. The number of benzene rings is 2. The Balaban J connectivity index is 1.68. The predicted octanol–water partition coefficient (Wildman–Crippen LogP) is 2.44. The van der Waals surface area contributed by atoms with Gasteiger partial charge in [0.1, 0.15) is 5.75 Å². The van der Waals surface area contributed by atoms with Crippen molar-refractivity contribution in [2.75, 3.05) is 25.2 Å². The molecule has 0 aliphatic carbocycles. The highest BCUT2D eigenvalue weighted by atomic mass is 32.2. The molecule has 0 unspecified atom stereocenters. The molecule has 2 aromatic carbocycles. The first-order valence-electron chi connectivity index (χ1n) is 9.26. The highest BCUT2D eigenvalue weighted by Gasteiger charge is 2.17. The van der Waals surface area contributed by atoms with E-state index in [-0.39, 0.29) is 16.6 Å². The molecule has 2 N–H and O–H groups in total. The Bertz CT molecular complexity index is 1210. The monoisotopic (exact) mass is 461 g/mol. The summed E-state index contributed by atoms with van der Waals surface area (Å²) in [5.74, 6) is 1.17. The second kappa shape index (κ2) is 9.50. The van der Waals surface area contributed by atoms with Crippen LogP contribution in [0, 0.1) is 6.92 Å². The highest BCUT2D eigenvalue weighted by molar-refractivity contribution is 7.99. The van der Waals surface area contributed by atoms with Crippen LogP contribution in [0.3, 0.4) is 0 Å². The van der Waals surface area contributed by atoms with Gasteiger partial charge < -0.3 is 14.6 Å². The number of aromatic nitrogens is 3. The van der Waals surface area contributed by atoms with E-state index in [1.807, 2.05) is 31.3 Å². The van der Waals surface area contributed by atoms with Crippen molar-refractivity contribution in [3.05, 3.63) is 48.0 Å². The number of carbonyl (C=O) groups is 1. The van der Waals surface area contributed by atoms with Gasteiger partial charge in [0.15, 0.2) is 11.0 Å². The summed E-state index contributed by atoms with van der Waals surface area (Å²) in [6, 6.07) is 12.2. The molecule has 164 valence electrons. The van der Waals surface area contributed by atoms with Crippen LogP contribution in [0.15, 0.2) is 52.5 Å². The molecule has 0 bridgehead atoms. The average Bonchev–Trinajstić information content (AvgIpc) is 3.13. The fraction of sp³-hybridized carbons (Fsp3) is 0.250. The van der Waals surface area contributed by atoms with Crippen LogP contribution in [-0.4, -0.2) is 49.0 Å². The van der Waals surface area contributed by atoms with Crippen molar-refractivity contribution in [1.82, 2.24) is 19.5 Å². The topological polar surface area (TPSA) is 115 Å². The number of nitrogens with one attached hydrogen (secondary N) is 2. The van der Waals surface area contributed by atoms with Crippen LogP contribution < -0.4 is 14.8 Å². The van der Waals surface area contributed by atoms with Crippen LogP contribution in [0.4, 0.5) is 5.69 Å². The smallest absolute Gasteiger partial charge is 0.240 e. The number of carbonyl (C=O) groups excluding carboxylic acids is 1. The third-order valence-electron chi connectivity index (χ3n) is 4.53. The van der Waals surface area contributed by atoms with E-state index in [0.29, 0.717) is 28.0 Å². The Morgan fingerprint density at radius 1 is 1.19 bits per heavy atom. The molecule has 3 rings (SSSR count). The summed E-state index contributed by atoms with van der Waals surface area (Å²) in [7, 11) is 1.15. The fourth-order valence-corrected chi connectivity index (χ4v) is 4.56. The van der Waals surface area contributed by atoms with Gasteiger partial charge in [0.2, 0.25) is 15.9 Å². The number of sulfonamides is 1. The Kier molecular flexibility index (Phi) is 6.98. The summed E-state index contributed by atoms with van der Waals surface area (Å²) in [5.41, 5.74) is 1.84. The standard InChI is InChI=1S/C20H23N5O4S2/c1-13-8-9-15(11-17(13)31(27,28)21-2)22-18(26)12-30-20-24-23-19(25(20)3)14-6-5-7-16(10-14)29-4/h5-11,21H,12H2,1-4H3,(H,22,26). The Hall–Kier alpha value is -2.89. The molecule has 1 amide bonds. The number of rotatable bonds is 8. The number of hydrogen-bond donors (Lipinski definition) is 2. The Morgan fingerprint density at radius 3 is 2.68 bits per heavy atom. The number of anilines is 1. The molecule has 11 heteroatoms. The van der Waals surface area contributed by atoms with E-state index < -0.39 is 10.0 Å². The molecule has 0 aliphatic rings. The molecule has 0 fully saturated rings. The molecule has 3 aromatic rings. The lowest BCUT2D eigenvalue weighted by Crippen LogP contribution is -2.20. The van der Waals surface area contributed by atoms with E-state index in [1.165, 1.54) is 24.9 Å². The SMILES string of the molecule is CNS(=O)(=O)c1cc(NC(=O)CSc2nnc(-c3cccc(OC)c3)n2C)ccc1C. The normalized spacial score (nSPS) is 11.4. The number of ether oxygens (including phenoxy) is 1. The first-order chi connectivity index (χ1) is 14.7. The van der Waals surface area contributed by atoms with Crippen molar-refractivity contribution in [2.45, 2.75) is 17.0 Å². The van der Waals surface area contributed by atoms with Gasteiger partial charge in [-0.3, -0.25) is 4.79 Å². The van der Waals surface area contributed by atoms with Gasteiger partial charge in [-0.2, -0.15) is 0 Å². The minimum absolute atomic E-state index is 0.0894. The van der Waals surface area contributed by atoms with Crippen molar-refractivity contribution in [3.63, 3.8) is 0 Å². The average molecular weight is 462 g/mol. The third-order valence-corrected chi connectivity index (χ3v) is 7.10. The van der Waals surface area contributed by atoms with Crippen molar-refractivity contribution >= 4 is 33.4 Å². The van der Waals surface area contributed by atoms with E-state index in [1.54, 1.807) is 30.7 Å². The zero-order valence-electron chi connectivity index (χ0n) is 17.5. The Morgan fingerprint density at radius 2 is 1.97 bits per heavy atom. The highest BCUT2D eigenvalue weighted by Crippen LogP contribution is 2.26. The van der Waals surface area contributed by atoms with E-state index in [0.717, 1.165) is 5.56 Å². The molecule has 0 spiro atoms. The number of nitrogens with zero attached hydrogens (tertiary/aromatic N) is 3. The van der Waals surface area contributed by atoms with Crippen LogP contribution >= 0.6 is 11.8 Å². The first-order valence-corrected chi connectivity index (χ1v) is 11.7. The van der Waals surface area contributed by atoms with Crippen LogP contribution in [0.1, 0.15) is 5.56 Å². The van der Waals surface area contributed by atoms with Crippen molar-refractivity contribution < 1.29 is 17.9 Å². The van der Waals surface area contributed by atoms with E-state index in [9.17, 15) is 13.2 Å². The van der Waals surface area contributed by atoms with E-state index >= 15 is 0 Å². The maximum atomic E-state index is 12.4. The van der Waals surface area contributed by atoms with Gasteiger partial charge in [0, 0.05) is 18.3 Å². The summed E-state index contributed by atoms with van der Waals surface area (Å²) in [5, 5.41) is 11.7. The summed E-state index contributed by atoms with van der Waals surface area (Å²) in [4.78, 5) is 12.5. The van der Waals surface area contributed by atoms with Crippen LogP contribution in [0.2, 0.25) is 0 Å². The molecular weight excluding hydrogens is 438 g/mol. The van der Waals surface area contributed by atoms with Gasteiger partial charge in [-0.25, -0.2) is 13.1 Å². The summed E-state index contributed by atoms with van der Waals surface area (Å²) >= 11 is 1.23. The minimum Gasteiger partial charge on any atom is -0.497 e. The fourth-order valence-electron chi connectivity index (χ4n) is 2.86. The van der Waals surface area contributed by atoms with Crippen molar-refractivity contribution in [1.29, 1.82) is 0 Å². The molecule has 0 saturated heterocycles. The molecule has 0 saturated carbocycles. The Labute approximate surface area is 185 Å². The molecule has 1 heterocycles. The number of hydrogen-bond acceptors (Lipinski definition) is 7. The predicted molar refractivity (Wildman–Crippen MR) is 120 cm³/mol. The molecule has 1 aromatic heterocycles. The number of thioether (sulfide) groups is 1. The van der Waals surface area contributed by atoms with Crippen molar-refractivity contribution in [3.8, 4) is 17.1 Å². The second-order valence-electron chi connectivity index (χ2n) is 6.62. The zero-order valence-corrected chi connectivity index (χ0v) is 19.2. The maximum Gasteiger partial charge on any atom is 0.240 e. The number of methoxy groups -OCH3 is 1. The minimum atomic E-state index is -3.61. The third kappa shape index (κ3) is 5.24. The zero-order chi connectivity index (χ0) is 22.6. The lowest BCUT2D eigenvalue weighted by Gasteiger charge is -2.10. The van der Waals surface area contributed by atoms with Gasteiger partial charge in [0.05, 0.1) is 17.8 Å². The van der Waals surface area contributed by atoms with Gasteiger partial charge in [-0.05, 0) is 43.8 Å². The van der Waals surface area contributed by atoms with Crippen LogP contribution in [-0.2, 0) is 21.9 Å². The molecule has 0 aliphatic heterocycles. The quantitative estimate of drug-likeness (QED) is 0.495. The van der Waals surface area contributed by atoms with E-state index in [2.05, 4.69) is 20.2 Å². The molecule has 31 heavy (non-hydrogen) atoms. The van der Waals surface area contributed by atoms with Gasteiger partial charge in [0.25, 0.3) is 0 Å². The summed E-state index contributed by atoms with van der Waals surface area (Å²) < 4.78 is 33.6. The maximum absolute atomic E-state index is 12.4. The van der Waals surface area contributed by atoms with Crippen LogP contribution in [0.25, 0.3) is 11.4 Å². The largest absolute Gasteiger partial charge is 0.497 e. The number of aryl methyl sites for hydroxylation is 1. The summed E-state index contributed by atoms with van der Waals surface area (Å²) in [6.07, 6.45) is 0. The van der Waals surface area contributed by atoms with Gasteiger partial charge in [-0.15, -0.1) is 10.2 Å². The molecule has 0 radical (unpaired) electrons.